The molecule has 6 heteroatoms. The number of hydrogen-bond donors (Lipinski definition) is 3. The highest BCUT2D eigenvalue weighted by Gasteiger charge is 2.22. The van der Waals surface area contributed by atoms with Crippen molar-refractivity contribution in [2.45, 2.75) is 6.42 Å². The first-order chi connectivity index (χ1) is 13.1. The summed E-state index contributed by atoms with van der Waals surface area (Å²) in [5.41, 5.74) is 9.38. The Morgan fingerprint density at radius 2 is 1.81 bits per heavy atom. The third kappa shape index (κ3) is 3.51. The van der Waals surface area contributed by atoms with Crippen LogP contribution in [0.1, 0.15) is 11.1 Å². The van der Waals surface area contributed by atoms with Crippen LogP contribution in [0, 0.1) is 5.41 Å². The van der Waals surface area contributed by atoms with Gasteiger partial charge in [0.15, 0.2) is 0 Å². The van der Waals surface area contributed by atoms with Crippen LogP contribution in [0.4, 0.5) is 5.69 Å². The van der Waals surface area contributed by atoms with Crippen molar-refractivity contribution in [1.82, 2.24) is 9.88 Å². The van der Waals surface area contributed by atoms with Gasteiger partial charge in [0, 0.05) is 54.5 Å². The summed E-state index contributed by atoms with van der Waals surface area (Å²) in [6.45, 7) is 3.15. The van der Waals surface area contributed by atoms with Gasteiger partial charge in [0.25, 0.3) is 0 Å². The zero-order valence-electron chi connectivity index (χ0n) is 15.1. The zero-order valence-corrected chi connectivity index (χ0v) is 15.1. The molecule has 0 bridgehead atoms. The number of piperazine rings is 1. The third-order valence-corrected chi connectivity index (χ3v) is 5.17. The minimum atomic E-state index is 0.0346. The Bertz CT molecular complexity index is 971. The summed E-state index contributed by atoms with van der Waals surface area (Å²) in [7, 11) is 0. The maximum atomic E-state index is 12.8. The average Bonchev–Trinajstić information content (AvgIpc) is 3.11. The minimum Gasteiger partial charge on any atom is -0.384 e. The summed E-state index contributed by atoms with van der Waals surface area (Å²) in [4.78, 5) is 20.3. The largest absolute Gasteiger partial charge is 0.384 e. The number of amides is 1. The predicted molar refractivity (Wildman–Crippen MR) is 108 cm³/mol. The fraction of sp³-hybridized carbons (Fsp3) is 0.238. The summed E-state index contributed by atoms with van der Waals surface area (Å²) < 4.78 is 0. The number of carbonyl (C=O) groups excluding carboxylic acids is 1. The van der Waals surface area contributed by atoms with E-state index in [1.54, 1.807) is 0 Å². The number of hydrogen-bond acceptors (Lipinski definition) is 3. The van der Waals surface area contributed by atoms with E-state index in [0.717, 1.165) is 42.6 Å². The van der Waals surface area contributed by atoms with E-state index in [9.17, 15) is 4.79 Å². The van der Waals surface area contributed by atoms with Crippen LogP contribution >= 0.6 is 0 Å². The Hall–Kier alpha value is -3.28. The number of nitrogens with one attached hydrogen (secondary N) is 2. The van der Waals surface area contributed by atoms with Gasteiger partial charge in [-0.25, -0.2) is 0 Å². The number of anilines is 1. The number of nitrogens with two attached hydrogens (primary N) is 1. The number of rotatable bonds is 4. The van der Waals surface area contributed by atoms with E-state index in [0.29, 0.717) is 12.0 Å². The van der Waals surface area contributed by atoms with E-state index < -0.39 is 0 Å². The lowest BCUT2D eigenvalue weighted by molar-refractivity contribution is -0.130. The van der Waals surface area contributed by atoms with Gasteiger partial charge in [-0.2, -0.15) is 0 Å². The molecule has 4 N–H and O–H groups in total. The molecule has 1 fully saturated rings. The van der Waals surface area contributed by atoms with Crippen molar-refractivity contribution in [3.05, 3.63) is 65.9 Å². The number of carbonyl (C=O) groups is 1. The summed E-state index contributed by atoms with van der Waals surface area (Å²) in [6.07, 6.45) is 2.24. The minimum absolute atomic E-state index is 0.0346. The number of amidine groups is 1. The van der Waals surface area contributed by atoms with Crippen LogP contribution in [0.3, 0.4) is 0 Å². The second-order valence-electron chi connectivity index (χ2n) is 6.87. The monoisotopic (exact) mass is 361 g/mol. The highest BCUT2D eigenvalue weighted by atomic mass is 16.2. The van der Waals surface area contributed by atoms with Gasteiger partial charge in [-0.3, -0.25) is 10.2 Å². The Morgan fingerprint density at radius 3 is 2.52 bits per heavy atom. The van der Waals surface area contributed by atoms with Gasteiger partial charge in [0.1, 0.15) is 5.84 Å². The number of aromatic amines is 1. The van der Waals surface area contributed by atoms with Gasteiger partial charge in [0.2, 0.25) is 5.91 Å². The van der Waals surface area contributed by atoms with Crippen molar-refractivity contribution in [2.24, 2.45) is 5.73 Å². The van der Waals surface area contributed by atoms with Crippen LogP contribution in [0.25, 0.3) is 10.9 Å². The SMILES string of the molecule is N=C(N)c1ccc2[nH]cc(CC(=O)N3CCN(c4ccccc4)CC3)c2c1. The number of benzene rings is 2. The van der Waals surface area contributed by atoms with Crippen molar-refractivity contribution in [3.8, 4) is 0 Å². The van der Waals surface area contributed by atoms with Gasteiger partial charge < -0.3 is 20.5 Å². The first kappa shape index (κ1) is 17.1. The fourth-order valence-corrected chi connectivity index (χ4v) is 3.62. The molecule has 0 aliphatic carbocycles. The number of para-hydroxylation sites is 1. The molecule has 0 saturated carbocycles. The second-order valence-corrected chi connectivity index (χ2v) is 6.87. The Kier molecular flexibility index (Phi) is 4.54. The molecule has 0 spiro atoms. The normalized spacial score (nSPS) is 14.5. The van der Waals surface area contributed by atoms with E-state index in [4.69, 9.17) is 11.1 Å². The van der Waals surface area contributed by atoms with Gasteiger partial charge in [0.05, 0.1) is 6.42 Å². The highest BCUT2D eigenvalue weighted by Crippen LogP contribution is 2.22. The number of nitrogen functional groups attached to an aromatic ring is 1. The van der Waals surface area contributed by atoms with Gasteiger partial charge in [-0.15, -0.1) is 0 Å². The standard InChI is InChI=1S/C21H23N5O/c22-21(23)15-6-7-19-18(12-15)16(14-24-19)13-20(27)26-10-8-25(9-11-26)17-4-2-1-3-5-17/h1-7,12,14,24H,8-11,13H2,(H3,22,23). The molecule has 1 amide bonds. The highest BCUT2D eigenvalue weighted by molar-refractivity contribution is 6.00. The van der Waals surface area contributed by atoms with E-state index in [2.05, 4.69) is 22.0 Å². The predicted octanol–water partition coefficient (Wildman–Crippen LogP) is 2.34. The molecule has 6 nitrogen and oxygen atoms in total. The smallest absolute Gasteiger partial charge is 0.227 e. The van der Waals surface area contributed by atoms with Crippen molar-refractivity contribution >= 4 is 28.3 Å². The number of H-pyrrole nitrogens is 1. The molecule has 2 aromatic carbocycles. The van der Waals surface area contributed by atoms with Gasteiger partial charge in [-0.1, -0.05) is 18.2 Å². The maximum Gasteiger partial charge on any atom is 0.227 e. The Labute approximate surface area is 158 Å². The Balaban J connectivity index is 1.43. The molecule has 3 aromatic rings. The molecule has 27 heavy (non-hydrogen) atoms. The molecule has 0 unspecified atom stereocenters. The second kappa shape index (κ2) is 7.15. The van der Waals surface area contributed by atoms with Crippen LogP contribution in [0.15, 0.2) is 54.7 Å². The van der Waals surface area contributed by atoms with Crippen LogP contribution < -0.4 is 10.6 Å². The number of aromatic nitrogens is 1. The topological polar surface area (TPSA) is 89.2 Å². The van der Waals surface area contributed by atoms with E-state index in [1.807, 2.05) is 47.5 Å². The van der Waals surface area contributed by atoms with E-state index in [1.165, 1.54) is 5.69 Å². The number of fused-ring (bicyclic) bond motifs is 1. The van der Waals surface area contributed by atoms with Crippen molar-refractivity contribution in [3.63, 3.8) is 0 Å². The van der Waals surface area contributed by atoms with Gasteiger partial charge >= 0.3 is 0 Å². The van der Waals surface area contributed by atoms with Gasteiger partial charge in [-0.05, 0) is 35.9 Å². The molecule has 4 rings (SSSR count). The molecule has 2 heterocycles. The van der Waals surface area contributed by atoms with Crippen molar-refractivity contribution in [1.29, 1.82) is 5.41 Å². The molecule has 0 radical (unpaired) electrons. The first-order valence-corrected chi connectivity index (χ1v) is 9.14. The zero-order chi connectivity index (χ0) is 18.8. The lowest BCUT2D eigenvalue weighted by Crippen LogP contribution is -2.49. The first-order valence-electron chi connectivity index (χ1n) is 9.14. The molecule has 1 aliphatic heterocycles. The van der Waals surface area contributed by atoms with Crippen LogP contribution in [-0.4, -0.2) is 47.8 Å². The molecular weight excluding hydrogens is 338 g/mol. The molecule has 1 saturated heterocycles. The third-order valence-electron chi connectivity index (χ3n) is 5.17. The van der Waals surface area contributed by atoms with Crippen LogP contribution in [0.2, 0.25) is 0 Å². The molecule has 1 aromatic heterocycles. The summed E-state index contributed by atoms with van der Waals surface area (Å²) >= 11 is 0. The summed E-state index contributed by atoms with van der Waals surface area (Å²) in [6, 6.07) is 15.9. The molecule has 138 valence electrons. The van der Waals surface area contributed by atoms with Crippen LogP contribution in [0.5, 0.6) is 0 Å². The lowest BCUT2D eigenvalue weighted by Gasteiger charge is -2.36. The maximum absolute atomic E-state index is 12.8. The van der Waals surface area contributed by atoms with E-state index in [-0.39, 0.29) is 11.7 Å². The fourth-order valence-electron chi connectivity index (χ4n) is 3.62. The quantitative estimate of drug-likeness (QED) is 0.492. The lowest BCUT2D eigenvalue weighted by atomic mass is 10.1. The molecule has 0 atom stereocenters. The number of nitrogens with zero attached hydrogens (tertiary/aromatic N) is 2. The Morgan fingerprint density at radius 1 is 1.07 bits per heavy atom. The van der Waals surface area contributed by atoms with Crippen LogP contribution in [-0.2, 0) is 11.2 Å². The molecular formula is C21H23N5O. The molecule has 1 aliphatic rings. The summed E-state index contributed by atoms with van der Waals surface area (Å²) in [5, 5.41) is 8.57. The van der Waals surface area contributed by atoms with Crippen molar-refractivity contribution in [2.75, 3.05) is 31.1 Å². The van der Waals surface area contributed by atoms with Crippen molar-refractivity contribution < 1.29 is 4.79 Å². The van der Waals surface area contributed by atoms with E-state index >= 15 is 0 Å². The summed E-state index contributed by atoms with van der Waals surface area (Å²) in [5.74, 6) is 0.171. The average molecular weight is 361 g/mol.